The van der Waals surface area contributed by atoms with E-state index in [4.69, 9.17) is 0 Å². The summed E-state index contributed by atoms with van der Waals surface area (Å²) >= 11 is 0. The van der Waals surface area contributed by atoms with Crippen LogP contribution in [0.3, 0.4) is 0 Å². The van der Waals surface area contributed by atoms with E-state index in [1.807, 2.05) is 6.92 Å². The first-order valence-corrected chi connectivity index (χ1v) is 2.84. The van der Waals surface area contributed by atoms with Gasteiger partial charge in [0.2, 0.25) is 0 Å². The van der Waals surface area contributed by atoms with Crippen molar-refractivity contribution in [2.45, 2.75) is 26.7 Å². The third-order valence-electron chi connectivity index (χ3n) is 0.827. The molecule has 0 amide bonds. The van der Waals surface area contributed by atoms with Crippen molar-refractivity contribution in [2.75, 3.05) is 0 Å². The molecule has 0 aromatic rings. The van der Waals surface area contributed by atoms with Crippen LogP contribution in [-0.4, -0.2) is 0 Å². The highest BCUT2D eigenvalue weighted by atomic mass is 13.8. The smallest absolute Gasteiger partial charge is 0.0320 e. The Balaban J connectivity index is 2.69. The highest BCUT2D eigenvalue weighted by Crippen LogP contribution is 1.91. The minimum absolute atomic E-state index is 1.13. The normalized spacial score (nSPS) is 10.6. The molecule has 0 heterocycles. The molecule has 0 rings (SSSR count). The summed E-state index contributed by atoms with van der Waals surface area (Å²) in [6, 6.07) is 0. The van der Waals surface area contributed by atoms with Gasteiger partial charge in [0.25, 0.3) is 0 Å². The van der Waals surface area contributed by atoms with E-state index >= 15 is 0 Å². The molecule has 0 saturated heterocycles. The minimum atomic E-state index is 1.13. The van der Waals surface area contributed by atoms with Crippen LogP contribution in [-0.2, 0) is 0 Å². The van der Waals surface area contributed by atoms with Gasteiger partial charge in [-0.05, 0) is 19.8 Å². The van der Waals surface area contributed by atoms with Gasteiger partial charge in [0, 0.05) is 0 Å². The quantitative estimate of drug-likeness (QED) is 0.375. The van der Waals surface area contributed by atoms with Crippen molar-refractivity contribution in [3.63, 3.8) is 0 Å². The summed E-state index contributed by atoms with van der Waals surface area (Å²) in [4.78, 5) is 0. The Kier molecular flexibility index (Phi) is 5.53. The van der Waals surface area contributed by atoms with E-state index in [0.29, 0.717) is 0 Å². The second kappa shape index (κ2) is 5.74. The third-order valence-corrected chi connectivity index (χ3v) is 0.827. The average Bonchev–Trinajstić information content (AvgIpc) is 1.69. The fourth-order valence-electron chi connectivity index (χ4n) is 0.399. The first-order chi connectivity index (χ1) is 3.41. The zero-order valence-corrected chi connectivity index (χ0v) is 5.15. The largest absolute Gasteiger partial charge is 0.0917 e. The second-order valence-electron chi connectivity index (χ2n) is 1.50. The van der Waals surface area contributed by atoms with Gasteiger partial charge in [0.1, 0.15) is 0 Å². The van der Waals surface area contributed by atoms with E-state index in [2.05, 4.69) is 25.5 Å². The van der Waals surface area contributed by atoms with Gasteiger partial charge in [-0.1, -0.05) is 25.5 Å². The number of hydrogen-bond donors (Lipinski definition) is 0. The van der Waals surface area contributed by atoms with E-state index < -0.39 is 0 Å². The first kappa shape index (κ1) is 6.74. The van der Waals surface area contributed by atoms with Crippen LogP contribution in [0.15, 0.2) is 12.2 Å². The van der Waals surface area contributed by atoms with Gasteiger partial charge in [0.05, 0.1) is 0 Å². The zero-order valence-electron chi connectivity index (χ0n) is 5.15. The Morgan fingerprint density at radius 1 is 1.43 bits per heavy atom. The van der Waals surface area contributed by atoms with Crippen LogP contribution < -0.4 is 0 Å². The molecule has 0 heteroatoms. The molecule has 0 bridgehead atoms. The van der Waals surface area contributed by atoms with Crippen LogP contribution in [0, 0.1) is 6.42 Å². The van der Waals surface area contributed by atoms with Gasteiger partial charge >= 0.3 is 0 Å². The van der Waals surface area contributed by atoms with Crippen LogP contribution in [0.4, 0.5) is 0 Å². The van der Waals surface area contributed by atoms with E-state index in [0.717, 1.165) is 6.42 Å². The van der Waals surface area contributed by atoms with Gasteiger partial charge in [-0.3, -0.25) is 0 Å². The number of unbranched alkanes of at least 4 members (excludes halogenated alkanes) is 2. The Morgan fingerprint density at radius 2 is 2.14 bits per heavy atom. The SMILES string of the molecule is C/C=C/C[CH]CC. The molecule has 7 heavy (non-hydrogen) atoms. The maximum absolute atomic E-state index is 2.25. The molecule has 0 aliphatic carbocycles. The van der Waals surface area contributed by atoms with Crippen LogP contribution in [0.25, 0.3) is 0 Å². The number of rotatable bonds is 3. The lowest BCUT2D eigenvalue weighted by molar-refractivity contribution is 1.02. The van der Waals surface area contributed by atoms with Crippen molar-refractivity contribution in [3.8, 4) is 0 Å². The van der Waals surface area contributed by atoms with Crippen LogP contribution in [0.1, 0.15) is 26.7 Å². The summed E-state index contributed by atoms with van der Waals surface area (Å²) in [5, 5.41) is 0. The summed E-state index contributed by atoms with van der Waals surface area (Å²) in [7, 11) is 0. The molecule has 0 saturated carbocycles. The Morgan fingerprint density at radius 3 is 2.57 bits per heavy atom. The molecule has 0 aliphatic heterocycles. The average molecular weight is 97.2 g/mol. The van der Waals surface area contributed by atoms with Gasteiger partial charge in [-0.2, -0.15) is 0 Å². The van der Waals surface area contributed by atoms with Crippen LogP contribution in [0.5, 0.6) is 0 Å². The van der Waals surface area contributed by atoms with Crippen molar-refractivity contribution < 1.29 is 0 Å². The lowest BCUT2D eigenvalue weighted by atomic mass is 10.2. The molecule has 0 aliphatic rings. The third kappa shape index (κ3) is 5.74. The molecule has 0 fully saturated rings. The van der Waals surface area contributed by atoms with Crippen LogP contribution in [0.2, 0.25) is 0 Å². The molecular formula is C7H13. The molecule has 41 valence electrons. The molecule has 0 atom stereocenters. The Labute approximate surface area is 46.2 Å². The Bertz CT molecular complexity index is 44.0. The predicted molar refractivity (Wildman–Crippen MR) is 34.0 cm³/mol. The molecule has 1 radical (unpaired) electrons. The second-order valence-corrected chi connectivity index (χ2v) is 1.50. The van der Waals surface area contributed by atoms with Crippen LogP contribution >= 0.6 is 0 Å². The van der Waals surface area contributed by atoms with E-state index in [-0.39, 0.29) is 0 Å². The van der Waals surface area contributed by atoms with E-state index in [9.17, 15) is 0 Å². The van der Waals surface area contributed by atoms with Crippen molar-refractivity contribution in [2.24, 2.45) is 0 Å². The summed E-state index contributed by atoms with van der Waals surface area (Å²) < 4.78 is 0. The lowest BCUT2D eigenvalue weighted by Crippen LogP contribution is -1.65. The highest BCUT2D eigenvalue weighted by Gasteiger charge is 1.73. The summed E-state index contributed by atoms with van der Waals surface area (Å²) in [5.41, 5.74) is 0. The summed E-state index contributed by atoms with van der Waals surface area (Å²) in [6.07, 6.45) is 8.80. The fourth-order valence-corrected chi connectivity index (χ4v) is 0.399. The van der Waals surface area contributed by atoms with E-state index in [1.165, 1.54) is 6.42 Å². The standard InChI is InChI=1S/C7H13/c1-3-5-7-6-4-2/h3,5-6H,4,7H2,1-2H3/b5-3+. The molecule has 0 unspecified atom stereocenters. The fraction of sp³-hybridized carbons (Fsp3) is 0.571. The van der Waals surface area contributed by atoms with Crippen molar-refractivity contribution in [1.82, 2.24) is 0 Å². The molecular weight excluding hydrogens is 84.1 g/mol. The molecule has 0 spiro atoms. The highest BCUT2D eigenvalue weighted by molar-refractivity contribution is 4.82. The molecule has 0 aromatic carbocycles. The van der Waals surface area contributed by atoms with Gasteiger partial charge in [-0.25, -0.2) is 0 Å². The number of hydrogen-bond acceptors (Lipinski definition) is 0. The predicted octanol–water partition coefficient (Wildman–Crippen LogP) is 2.57. The zero-order chi connectivity index (χ0) is 5.54. The maximum atomic E-state index is 2.25. The lowest BCUT2D eigenvalue weighted by Gasteiger charge is -1.83. The van der Waals surface area contributed by atoms with Gasteiger partial charge < -0.3 is 0 Å². The Hall–Kier alpha value is -0.260. The summed E-state index contributed by atoms with van der Waals surface area (Å²) in [6.45, 7) is 4.20. The topological polar surface area (TPSA) is 0 Å². The monoisotopic (exact) mass is 97.1 g/mol. The van der Waals surface area contributed by atoms with E-state index in [1.54, 1.807) is 0 Å². The van der Waals surface area contributed by atoms with Crippen molar-refractivity contribution in [3.05, 3.63) is 18.6 Å². The molecule has 0 N–H and O–H groups in total. The minimum Gasteiger partial charge on any atom is -0.0917 e. The molecule has 0 nitrogen and oxygen atoms in total. The maximum Gasteiger partial charge on any atom is -0.0320 e. The van der Waals surface area contributed by atoms with Crippen molar-refractivity contribution >= 4 is 0 Å². The first-order valence-electron chi connectivity index (χ1n) is 2.84. The van der Waals surface area contributed by atoms with Gasteiger partial charge in [-0.15, -0.1) is 0 Å². The number of allylic oxidation sites excluding steroid dienone is 2. The molecule has 0 aromatic heterocycles. The summed E-state index contributed by atoms with van der Waals surface area (Å²) in [5.74, 6) is 0. The van der Waals surface area contributed by atoms with Crippen molar-refractivity contribution in [1.29, 1.82) is 0 Å². The van der Waals surface area contributed by atoms with Gasteiger partial charge in [0.15, 0.2) is 0 Å².